The summed E-state index contributed by atoms with van der Waals surface area (Å²) in [6.45, 7) is 6.37. The Hall–Kier alpha value is -2.54. The fourth-order valence-electron chi connectivity index (χ4n) is 3.14. The van der Waals surface area contributed by atoms with Crippen LogP contribution in [0.1, 0.15) is 38.8 Å². The second-order valence-electron chi connectivity index (χ2n) is 6.69. The molecule has 148 valence electrons. The van der Waals surface area contributed by atoms with E-state index in [9.17, 15) is 19.8 Å². The van der Waals surface area contributed by atoms with E-state index < -0.39 is 17.7 Å². The number of phenols is 1. The van der Waals surface area contributed by atoms with Gasteiger partial charge in [-0.25, -0.2) is 0 Å². The van der Waals surface area contributed by atoms with E-state index in [0.717, 1.165) is 0 Å². The summed E-state index contributed by atoms with van der Waals surface area (Å²) in [6, 6.07) is 3.96. The molecule has 2 rings (SSSR count). The molecular weight excluding hydrogens is 350 g/mol. The first kappa shape index (κ1) is 20.8. The van der Waals surface area contributed by atoms with Gasteiger partial charge in [0, 0.05) is 26.2 Å². The topological polar surface area (TPSA) is 96.3 Å². The molecule has 7 nitrogen and oxygen atoms in total. The number of methoxy groups -OCH3 is 1. The zero-order valence-corrected chi connectivity index (χ0v) is 16.2. The summed E-state index contributed by atoms with van der Waals surface area (Å²) < 4.78 is 10.5. The fraction of sp³-hybridized carbons (Fsp3) is 0.500. The van der Waals surface area contributed by atoms with Crippen molar-refractivity contribution in [2.75, 3.05) is 26.9 Å². The number of hydrogen-bond donors (Lipinski definition) is 2. The summed E-state index contributed by atoms with van der Waals surface area (Å²) in [6.07, 6.45) is 0.561. The number of phenolic OH excluding ortho intramolecular Hbond substituents is 1. The molecule has 0 radical (unpaired) electrons. The first-order valence-electron chi connectivity index (χ1n) is 9.06. The first-order valence-corrected chi connectivity index (χ1v) is 9.06. The zero-order valence-electron chi connectivity index (χ0n) is 16.2. The molecule has 1 aromatic carbocycles. The average molecular weight is 377 g/mol. The minimum Gasteiger partial charge on any atom is -0.504 e. The molecule has 1 atom stereocenters. The SMILES string of the molecule is CCOc1cc(C2C(C(=O)C(C)C)=C(O)C(=O)N2CCCOC)ccc1O. The van der Waals surface area contributed by atoms with Crippen molar-refractivity contribution in [1.82, 2.24) is 4.90 Å². The van der Waals surface area contributed by atoms with Crippen LogP contribution in [0.15, 0.2) is 29.5 Å². The molecule has 1 aliphatic heterocycles. The van der Waals surface area contributed by atoms with E-state index in [1.807, 2.05) is 0 Å². The molecule has 1 aliphatic rings. The van der Waals surface area contributed by atoms with E-state index >= 15 is 0 Å². The number of aliphatic hydroxyl groups is 1. The Labute approximate surface area is 159 Å². The summed E-state index contributed by atoms with van der Waals surface area (Å²) in [5.41, 5.74) is 0.677. The Morgan fingerprint density at radius 3 is 2.59 bits per heavy atom. The minimum absolute atomic E-state index is 0.0270. The third kappa shape index (κ3) is 4.24. The van der Waals surface area contributed by atoms with Gasteiger partial charge in [-0.15, -0.1) is 0 Å². The van der Waals surface area contributed by atoms with E-state index in [-0.39, 0.29) is 28.8 Å². The van der Waals surface area contributed by atoms with Gasteiger partial charge in [-0.1, -0.05) is 19.9 Å². The Morgan fingerprint density at radius 2 is 2.00 bits per heavy atom. The molecule has 0 fully saturated rings. The fourth-order valence-corrected chi connectivity index (χ4v) is 3.14. The van der Waals surface area contributed by atoms with Gasteiger partial charge in [-0.2, -0.15) is 0 Å². The van der Waals surface area contributed by atoms with E-state index in [1.165, 1.54) is 11.0 Å². The van der Waals surface area contributed by atoms with Crippen LogP contribution in [0.25, 0.3) is 0 Å². The maximum absolute atomic E-state index is 12.7. The summed E-state index contributed by atoms with van der Waals surface area (Å²) in [5.74, 6) is -1.51. The predicted molar refractivity (Wildman–Crippen MR) is 99.7 cm³/mol. The molecule has 7 heteroatoms. The number of hydrogen-bond acceptors (Lipinski definition) is 6. The van der Waals surface area contributed by atoms with Gasteiger partial charge in [0.1, 0.15) is 0 Å². The highest BCUT2D eigenvalue weighted by molar-refractivity contribution is 6.09. The molecule has 1 heterocycles. The number of ether oxygens (including phenoxy) is 2. The minimum atomic E-state index is -0.732. The maximum Gasteiger partial charge on any atom is 0.290 e. The van der Waals surface area contributed by atoms with Crippen LogP contribution in [-0.2, 0) is 14.3 Å². The highest BCUT2D eigenvalue weighted by atomic mass is 16.5. The first-order chi connectivity index (χ1) is 12.8. The number of carbonyl (C=O) groups excluding carboxylic acids is 2. The van der Waals surface area contributed by atoms with E-state index in [0.29, 0.717) is 31.7 Å². The molecule has 2 N–H and O–H groups in total. The van der Waals surface area contributed by atoms with Crippen molar-refractivity contribution in [2.45, 2.75) is 33.2 Å². The van der Waals surface area contributed by atoms with Gasteiger partial charge in [0.25, 0.3) is 5.91 Å². The smallest absolute Gasteiger partial charge is 0.290 e. The van der Waals surface area contributed by atoms with Gasteiger partial charge in [-0.05, 0) is 31.0 Å². The second-order valence-corrected chi connectivity index (χ2v) is 6.69. The van der Waals surface area contributed by atoms with Crippen molar-refractivity contribution < 1.29 is 29.3 Å². The molecule has 1 amide bonds. The molecule has 0 aromatic heterocycles. The number of aliphatic hydroxyl groups excluding tert-OH is 1. The van der Waals surface area contributed by atoms with E-state index in [1.54, 1.807) is 40.0 Å². The van der Waals surface area contributed by atoms with Crippen LogP contribution >= 0.6 is 0 Å². The third-order valence-corrected chi connectivity index (χ3v) is 4.44. The predicted octanol–water partition coefficient (Wildman–Crippen LogP) is 2.75. The summed E-state index contributed by atoms with van der Waals surface area (Å²) >= 11 is 0. The normalized spacial score (nSPS) is 17.1. The lowest BCUT2D eigenvalue weighted by Crippen LogP contribution is -2.33. The molecule has 0 aliphatic carbocycles. The van der Waals surface area contributed by atoms with Crippen LogP contribution in [0.2, 0.25) is 0 Å². The molecule has 1 unspecified atom stereocenters. The standard InChI is InChI=1S/C20H27NO6/c1-5-27-15-11-13(7-8-14(15)22)17-16(18(23)12(2)3)19(24)20(25)21(17)9-6-10-26-4/h7-8,11-12,17,22,24H,5-6,9-10H2,1-4H3. The van der Waals surface area contributed by atoms with Gasteiger partial charge in [0.05, 0.1) is 18.2 Å². The van der Waals surface area contributed by atoms with Gasteiger partial charge < -0.3 is 24.6 Å². The van der Waals surface area contributed by atoms with E-state index in [2.05, 4.69) is 0 Å². The van der Waals surface area contributed by atoms with Crippen molar-refractivity contribution >= 4 is 11.7 Å². The Kier molecular flexibility index (Phi) is 6.85. The van der Waals surface area contributed by atoms with Crippen LogP contribution in [0.5, 0.6) is 11.5 Å². The Balaban J connectivity index is 2.51. The highest BCUT2D eigenvalue weighted by Crippen LogP contribution is 2.41. The van der Waals surface area contributed by atoms with E-state index in [4.69, 9.17) is 9.47 Å². The number of nitrogens with zero attached hydrogens (tertiary/aromatic N) is 1. The monoisotopic (exact) mass is 377 g/mol. The van der Waals surface area contributed by atoms with Crippen molar-refractivity contribution in [2.24, 2.45) is 5.92 Å². The number of benzene rings is 1. The van der Waals surface area contributed by atoms with Gasteiger partial charge in [0.15, 0.2) is 23.0 Å². The zero-order chi connectivity index (χ0) is 20.1. The summed E-state index contributed by atoms with van der Waals surface area (Å²) in [5, 5.41) is 20.4. The molecule has 1 aromatic rings. The van der Waals surface area contributed by atoms with Crippen molar-refractivity contribution in [3.63, 3.8) is 0 Å². The number of ketones is 1. The lowest BCUT2D eigenvalue weighted by atomic mass is 9.91. The number of amides is 1. The van der Waals surface area contributed by atoms with Crippen molar-refractivity contribution in [3.8, 4) is 11.5 Å². The molecule has 0 saturated carbocycles. The number of Topliss-reactive ketones (excluding diaryl/α,β-unsaturated/α-hetero) is 1. The third-order valence-electron chi connectivity index (χ3n) is 4.44. The number of rotatable bonds is 9. The van der Waals surface area contributed by atoms with Crippen LogP contribution < -0.4 is 4.74 Å². The molecule has 0 saturated heterocycles. The van der Waals surface area contributed by atoms with Crippen LogP contribution in [0.4, 0.5) is 0 Å². The largest absolute Gasteiger partial charge is 0.504 e. The molecule has 0 bridgehead atoms. The average Bonchev–Trinajstić information content (AvgIpc) is 2.88. The molecule has 27 heavy (non-hydrogen) atoms. The van der Waals surface area contributed by atoms with Gasteiger partial charge in [0.2, 0.25) is 0 Å². The number of aromatic hydroxyl groups is 1. The molecule has 0 spiro atoms. The van der Waals surface area contributed by atoms with Crippen molar-refractivity contribution in [1.29, 1.82) is 0 Å². The number of carbonyl (C=O) groups is 2. The lowest BCUT2D eigenvalue weighted by molar-refractivity contribution is -0.129. The highest BCUT2D eigenvalue weighted by Gasteiger charge is 2.43. The second kappa shape index (κ2) is 8.90. The van der Waals surface area contributed by atoms with Crippen LogP contribution in [0.3, 0.4) is 0 Å². The Bertz CT molecular complexity index is 740. The summed E-state index contributed by atoms with van der Waals surface area (Å²) in [4.78, 5) is 26.8. The lowest BCUT2D eigenvalue weighted by Gasteiger charge is -2.27. The maximum atomic E-state index is 12.7. The van der Waals surface area contributed by atoms with Crippen LogP contribution in [0, 0.1) is 5.92 Å². The van der Waals surface area contributed by atoms with Crippen LogP contribution in [-0.4, -0.2) is 53.7 Å². The summed E-state index contributed by atoms with van der Waals surface area (Å²) in [7, 11) is 1.57. The van der Waals surface area contributed by atoms with Gasteiger partial charge >= 0.3 is 0 Å². The van der Waals surface area contributed by atoms with Gasteiger partial charge in [-0.3, -0.25) is 9.59 Å². The van der Waals surface area contributed by atoms with Crippen molar-refractivity contribution in [3.05, 3.63) is 35.1 Å². The Morgan fingerprint density at radius 1 is 1.30 bits per heavy atom. The quantitative estimate of drug-likeness (QED) is 0.643. The molecular formula is C20H27NO6.